The maximum absolute atomic E-state index is 10.4. The Morgan fingerprint density at radius 3 is 2.83 bits per heavy atom. The zero-order chi connectivity index (χ0) is 8.97. The van der Waals surface area contributed by atoms with Crippen LogP contribution in [0.2, 0.25) is 0 Å². The number of thioether (sulfide) groups is 1. The first-order valence-corrected chi connectivity index (χ1v) is 4.69. The molecule has 0 aliphatic carbocycles. The highest BCUT2D eigenvalue weighted by Gasteiger charge is 1.99. The maximum Gasteiger partial charge on any atom is 0.168 e. The first kappa shape index (κ1) is 9.26. The van der Waals surface area contributed by atoms with E-state index in [2.05, 4.69) is 18.8 Å². The number of aromatic nitrogens is 1. The van der Waals surface area contributed by atoms with E-state index in [-0.39, 0.29) is 0 Å². The van der Waals surface area contributed by atoms with E-state index < -0.39 is 0 Å². The minimum atomic E-state index is 0.499. The Morgan fingerprint density at radius 1 is 1.50 bits per heavy atom. The highest BCUT2D eigenvalue weighted by Crippen LogP contribution is 2.19. The van der Waals surface area contributed by atoms with Crippen molar-refractivity contribution in [3.05, 3.63) is 23.9 Å². The summed E-state index contributed by atoms with van der Waals surface area (Å²) >= 11 is 1.66. The van der Waals surface area contributed by atoms with Crippen molar-refractivity contribution in [1.82, 2.24) is 4.98 Å². The number of carbonyl (C=O) groups is 1. The smallest absolute Gasteiger partial charge is 0.168 e. The molecule has 0 saturated heterocycles. The molecule has 0 fully saturated rings. The van der Waals surface area contributed by atoms with Crippen LogP contribution in [0.25, 0.3) is 0 Å². The lowest BCUT2D eigenvalue weighted by Crippen LogP contribution is -1.91. The summed E-state index contributed by atoms with van der Waals surface area (Å²) in [5, 5.41) is 1.41. The molecule has 1 rings (SSSR count). The summed E-state index contributed by atoms with van der Waals surface area (Å²) in [6.45, 7) is 4.19. The van der Waals surface area contributed by atoms with E-state index in [1.54, 1.807) is 17.8 Å². The predicted octanol–water partition coefficient (Wildman–Crippen LogP) is 2.39. The highest BCUT2D eigenvalue weighted by molar-refractivity contribution is 7.99. The molecule has 0 N–H and O–H groups in total. The summed E-state index contributed by atoms with van der Waals surface area (Å²) in [5.41, 5.74) is 0.501. The molecule has 12 heavy (non-hydrogen) atoms. The van der Waals surface area contributed by atoms with Gasteiger partial charge in [-0.3, -0.25) is 4.79 Å². The van der Waals surface area contributed by atoms with Gasteiger partial charge in [0, 0.05) is 5.25 Å². The highest BCUT2D eigenvalue weighted by atomic mass is 32.2. The molecule has 2 nitrogen and oxygen atoms in total. The maximum atomic E-state index is 10.4. The van der Waals surface area contributed by atoms with Crippen molar-refractivity contribution < 1.29 is 4.79 Å². The van der Waals surface area contributed by atoms with E-state index in [1.807, 2.05) is 12.1 Å². The average Bonchev–Trinajstić information content (AvgIpc) is 2.03. The van der Waals surface area contributed by atoms with Crippen LogP contribution in [0.4, 0.5) is 0 Å². The van der Waals surface area contributed by atoms with E-state index in [4.69, 9.17) is 0 Å². The van der Waals surface area contributed by atoms with Gasteiger partial charge in [-0.2, -0.15) is 0 Å². The van der Waals surface area contributed by atoms with Crippen LogP contribution in [-0.4, -0.2) is 16.5 Å². The Morgan fingerprint density at radius 2 is 2.25 bits per heavy atom. The Labute approximate surface area is 76.4 Å². The van der Waals surface area contributed by atoms with Gasteiger partial charge < -0.3 is 0 Å². The van der Waals surface area contributed by atoms with E-state index in [9.17, 15) is 4.79 Å². The Balaban J connectivity index is 2.79. The molecule has 64 valence electrons. The van der Waals surface area contributed by atoms with Crippen molar-refractivity contribution in [2.75, 3.05) is 0 Å². The van der Waals surface area contributed by atoms with Crippen molar-refractivity contribution in [3.8, 4) is 0 Å². The molecule has 0 aliphatic heterocycles. The number of rotatable bonds is 3. The number of hydrogen-bond acceptors (Lipinski definition) is 3. The van der Waals surface area contributed by atoms with Gasteiger partial charge in [0.25, 0.3) is 0 Å². The van der Waals surface area contributed by atoms with Crippen LogP contribution >= 0.6 is 11.8 Å². The van der Waals surface area contributed by atoms with Crippen LogP contribution < -0.4 is 0 Å². The second-order valence-corrected chi connectivity index (χ2v) is 4.28. The molecule has 0 saturated carbocycles. The summed E-state index contributed by atoms with van der Waals surface area (Å²) in [4.78, 5) is 14.5. The predicted molar refractivity (Wildman–Crippen MR) is 50.6 cm³/mol. The fourth-order valence-electron chi connectivity index (χ4n) is 0.804. The van der Waals surface area contributed by atoms with Crippen molar-refractivity contribution in [1.29, 1.82) is 0 Å². The molecule has 1 heterocycles. The van der Waals surface area contributed by atoms with Gasteiger partial charge in [0.2, 0.25) is 0 Å². The zero-order valence-corrected chi connectivity index (χ0v) is 7.97. The van der Waals surface area contributed by atoms with Gasteiger partial charge in [0.1, 0.15) is 5.69 Å². The first-order chi connectivity index (χ1) is 5.72. The standard InChI is InChI=1S/C9H11NOS/c1-7(2)12-9-5-3-4-8(6-11)10-9/h3-7H,1-2H3. The van der Waals surface area contributed by atoms with Gasteiger partial charge in [-0.1, -0.05) is 19.9 Å². The molecule has 0 unspecified atom stereocenters. The number of hydrogen-bond donors (Lipinski definition) is 0. The van der Waals surface area contributed by atoms with Gasteiger partial charge in [-0.15, -0.1) is 11.8 Å². The first-order valence-electron chi connectivity index (χ1n) is 3.81. The molecule has 3 heteroatoms. The molecule has 0 atom stereocenters. The molecular weight excluding hydrogens is 170 g/mol. The molecule has 0 aliphatic rings. The number of pyridine rings is 1. The number of nitrogens with zero attached hydrogens (tertiary/aromatic N) is 1. The van der Waals surface area contributed by atoms with Gasteiger partial charge in [0.15, 0.2) is 6.29 Å². The third-order valence-electron chi connectivity index (χ3n) is 1.22. The quantitative estimate of drug-likeness (QED) is 0.529. The second-order valence-electron chi connectivity index (χ2n) is 2.69. The molecule has 0 spiro atoms. The third kappa shape index (κ3) is 2.66. The normalized spacial score (nSPS) is 10.2. The van der Waals surface area contributed by atoms with Gasteiger partial charge in [-0.25, -0.2) is 4.98 Å². The van der Waals surface area contributed by atoms with E-state index in [0.717, 1.165) is 11.3 Å². The summed E-state index contributed by atoms with van der Waals surface area (Å²) in [6.07, 6.45) is 0.768. The molecule has 0 radical (unpaired) electrons. The zero-order valence-electron chi connectivity index (χ0n) is 7.15. The topological polar surface area (TPSA) is 30.0 Å². The van der Waals surface area contributed by atoms with Crippen LogP contribution in [0.15, 0.2) is 23.2 Å². The van der Waals surface area contributed by atoms with Crippen LogP contribution in [0.1, 0.15) is 24.3 Å². The van der Waals surface area contributed by atoms with Crippen molar-refractivity contribution in [2.24, 2.45) is 0 Å². The molecular formula is C9H11NOS. The molecule has 0 bridgehead atoms. The van der Waals surface area contributed by atoms with E-state index >= 15 is 0 Å². The largest absolute Gasteiger partial charge is 0.296 e. The second kappa shape index (κ2) is 4.26. The van der Waals surface area contributed by atoms with Crippen molar-refractivity contribution in [3.63, 3.8) is 0 Å². The van der Waals surface area contributed by atoms with Crippen LogP contribution in [0.3, 0.4) is 0 Å². The number of aldehydes is 1. The lowest BCUT2D eigenvalue weighted by Gasteiger charge is -2.02. The Kier molecular flexibility index (Phi) is 3.29. The lowest BCUT2D eigenvalue weighted by atomic mass is 10.4. The fourth-order valence-corrected chi connectivity index (χ4v) is 1.60. The van der Waals surface area contributed by atoms with E-state index in [0.29, 0.717) is 10.9 Å². The monoisotopic (exact) mass is 181 g/mol. The average molecular weight is 181 g/mol. The SMILES string of the molecule is CC(C)Sc1cccc(C=O)n1. The van der Waals surface area contributed by atoms with Crippen molar-refractivity contribution in [2.45, 2.75) is 24.1 Å². The summed E-state index contributed by atoms with van der Waals surface area (Å²) in [6, 6.07) is 5.47. The van der Waals surface area contributed by atoms with Crippen LogP contribution in [-0.2, 0) is 0 Å². The Bertz CT molecular complexity index is 273. The third-order valence-corrected chi connectivity index (χ3v) is 2.16. The summed E-state index contributed by atoms with van der Waals surface area (Å²) in [5.74, 6) is 0. The van der Waals surface area contributed by atoms with Gasteiger partial charge in [0.05, 0.1) is 5.03 Å². The number of carbonyl (C=O) groups excluding carboxylic acids is 1. The minimum Gasteiger partial charge on any atom is -0.296 e. The van der Waals surface area contributed by atoms with Crippen molar-refractivity contribution >= 4 is 18.0 Å². The fraction of sp³-hybridized carbons (Fsp3) is 0.333. The molecule has 0 aromatic carbocycles. The minimum absolute atomic E-state index is 0.499. The molecule has 1 aromatic heterocycles. The molecule has 1 aromatic rings. The summed E-state index contributed by atoms with van der Waals surface area (Å²) < 4.78 is 0. The van der Waals surface area contributed by atoms with Crippen LogP contribution in [0.5, 0.6) is 0 Å². The lowest BCUT2D eigenvalue weighted by molar-refractivity contribution is 0.111. The van der Waals surface area contributed by atoms with Crippen LogP contribution in [0, 0.1) is 0 Å². The van der Waals surface area contributed by atoms with Gasteiger partial charge in [-0.05, 0) is 12.1 Å². The molecule has 0 amide bonds. The van der Waals surface area contributed by atoms with E-state index in [1.165, 1.54) is 0 Å². The summed E-state index contributed by atoms with van der Waals surface area (Å²) in [7, 11) is 0. The Hall–Kier alpha value is -0.830. The van der Waals surface area contributed by atoms with Gasteiger partial charge >= 0.3 is 0 Å².